The molecule has 2 heterocycles. The van der Waals surface area contributed by atoms with Crippen LogP contribution >= 0.6 is 0 Å². The van der Waals surface area contributed by atoms with Crippen LogP contribution in [0.25, 0.3) is 0 Å². The number of morpholine rings is 1. The number of nitrogens with zero attached hydrogens (tertiary/aromatic N) is 4. The molecule has 5 nitrogen and oxygen atoms in total. The summed E-state index contributed by atoms with van der Waals surface area (Å²) in [5, 5.41) is 13.4. The first-order valence-electron chi connectivity index (χ1n) is 8.01. The van der Waals surface area contributed by atoms with Crippen molar-refractivity contribution in [2.45, 2.75) is 26.4 Å². The molecule has 0 N–H and O–H groups in total. The van der Waals surface area contributed by atoms with Gasteiger partial charge in [0, 0.05) is 37.0 Å². The third-order valence-corrected chi connectivity index (χ3v) is 4.69. The summed E-state index contributed by atoms with van der Waals surface area (Å²) in [6.45, 7) is 6.47. The van der Waals surface area contributed by atoms with Crippen LogP contribution in [0.1, 0.15) is 34.1 Å². The summed E-state index contributed by atoms with van der Waals surface area (Å²) in [5.41, 5.74) is 4.18. The zero-order valence-electron chi connectivity index (χ0n) is 14.2. The lowest BCUT2D eigenvalue weighted by Gasteiger charge is -2.36. The molecule has 0 radical (unpaired) electrons. The Morgan fingerprint density at radius 2 is 2.21 bits per heavy atom. The third kappa shape index (κ3) is 3.05. The minimum Gasteiger partial charge on any atom is -0.378 e. The van der Waals surface area contributed by atoms with Gasteiger partial charge in [0.25, 0.3) is 0 Å². The van der Waals surface area contributed by atoms with Crippen molar-refractivity contribution in [1.82, 2.24) is 14.7 Å². The van der Waals surface area contributed by atoms with Crippen molar-refractivity contribution in [3.63, 3.8) is 0 Å². The van der Waals surface area contributed by atoms with E-state index >= 15 is 0 Å². The maximum Gasteiger partial charge on any atom is 0.129 e. The van der Waals surface area contributed by atoms with Gasteiger partial charge >= 0.3 is 0 Å². The van der Waals surface area contributed by atoms with Crippen LogP contribution in [0, 0.1) is 31.0 Å². The zero-order valence-corrected chi connectivity index (χ0v) is 14.2. The first kappa shape index (κ1) is 16.6. The van der Waals surface area contributed by atoms with E-state index in [2.05, 4.69) is 10.00 Å². The molecule has 2 aromatic rings. The van der Waals surface area contributed by atoms with Crippen molar-refractivity contribution in [3.05, 3.63) is 52.1 Å². The molecule has 1 aromatic heterocycles. The van der Waals surface area contributed by atoms with Gasteiger partial charge in [-0.3, -0.25) is 9.58 Å². The predicted molar refractivity (Wildman–Crippen MR) is 87.8 cm³/mol. The molecule has 0 saturated carbocycles. The fraction of sp³-hybridized carbons (Fsp3) is 0.444. The summed E-state index contributed by atoms with van der Waals surface area (Å²) >= 11 is 0. The maximum atomic E-state index is 14.3. The van der Waals surface area contributed by atoms with Crippen LogP contribution in [0.3, 0.4) is 0 Å². The standard InChI is InChI=1S/C18H21FN4O/c1-12-18(13(2)22(3)21-12)17-11-24-7-6-23(17)10-15-5-4-14(9-20)8-16(15)19/h4-5,8,17H,6-7,10-11H2,1-3H3/t17-/m1/s1. The van der Waals surface area contributed by atoms with E-state index in [-0.39, 0.29) is 11.9 Å². The zero-order chi connectivity index (χ0) is 17.3. The molecule has 126 valence electrons. The van der Waals surface area contributed by atoms with Crippen LogP contribution in [0.4, 0.5) is 4.39 Å². The van der Waals surface area contributed by atoms with E-state index in [0.29, 0.717) is 30.9 Å². The molecule has 0 unspecified atom stereocenters. The Kier molecular flexibility index (Phi) is 4.65. The normalized spacial score (nSPS) is 18.5. The first-order valence-corrected chi connectivity index (χ1v) is 8.01. The minimum absolute atomic E-state index is 0.0579. The lowest BCUT2D eigenvalue weighted by Crippen LogP contribution is -2.39. The van der Waals surface area contributed by atoms with Gasteiger partial charge in [-0.15, -0.1) is 0 Å². The Hall–Kier alpha value is -2.23. The highest BCUT2D eigenvalue weighted by atomic mass is 19.1. The van der Waals surface area contributed by atoms with E-state index in [1.807, 2.05) is 31.6 Å². The lowest BCUT2D eigenvalue weighted by molar-refractivity contribution is -0.0136. The van der Waals surface area contributed by atoms with Crippen molar-refractivity contribution in [1.29, 1.82) is 5.26 Å². The molecular weight excluding hydrogens is 307 g/mol. The van der Waals surface area contributed by atoms with Crippen LogP contribution in [-0.4, -0.2) is 34.4 Å². The lowest BCUT2D eigenvalue weighted by atomic mass is 10.0. The average molecular weight is 328 g/mol. The van der Waals surface area contributed by atoms with E-state index < -0.39 is 0 Å². The van der Waals surface area contributed by atoms with Gasteiger partial charge < -0.3 is 4.74 Å². The number of aryl methyl sites for hydroxylation is 2. The maximum absolute atomic E-state index is 14.3. The van der Waals surface area contributed by atoms with Crippen LogP contribution in [0.2, 0.25) is 0 Å². The van der Waals surface area contributed by atoms with Gasteiger partial charge in [-0.25, -0.2) is 4.39 Å². The number of hydrogen-bond acceptors (Lipinski definition) is 4. The van der Waals surface area contributed by atoms with Crippen LogP contribution in [-0.2, 0) is 18.3 Å². The molecule has 1 saturated heterocycles. The predicted octanol–water partition coefficient (Wildman–Crippen LogP) is 2.62. The molecule has 1 aromatic carbocycles. The topological polar surface area (TPSA) is 54.1 Å². The van der Waals surface area contributed by atoms with Crippen molar-refractivity contribution in [2.24, 2.45) is 7.05 Å². The molecule has 0 amide bonds. The van der Waals surface area contributed by atoms with Crippen LogP contribution < -0.4 is 0 Å². The Morgan fingerprint density at radius 3 is 2.83 bits per heavy atom. The van der Waals surface area contributed by atoms with E-state index in [1.54, 1.807) is 12.1 Å². The smallest absolute Gasteiger partial charge is 0.129 e. The fourth-order valence-corrected chi connectivity index (χ4v) is 3.33. The summed E-state index contributed by atoms with van der Waals surface area (Å²) in [6.07, 6.45) is 0. The molecule has 6 heteroatoms. The number of hydrogen-bond donors (Lipinski definition) is 0. The minimum atomic E-state index is -0.334. The molecule has 0 spiro atoms. The number of ether oxygens (including phenoxy) is 1. The summed E-state index contributed by atoms with van der Waals surface area (Å²) in [6, 6.07) is 6.68. The Morgan fingerprint density at radius 1 is 1.42 bits per heavy atom. The molecule has 1 atom stereocenters. The van der Waals surface area contributed by atoms with Gasteiger partial charge in [-0.2, -0.15) is 10.4 Å². The summed E-state index contributed by atoms with van der Waals surface area (Å²) in [4.78, 5) is 2.23. The van der Waals surface area contributed by atoms with Gasteiger partial charge in [0.1, 0.15) is 5.82 Å². The molecule has 1 aliphatic rings. The highest BCUT2D eigenvalue weighted by molar-refractivity contribution is 5.33. The number of nitriles is 1. The Balaban J connectivity index is 1.89. The number of benzene rings is 1. The largest absolute Gasteiger partial charge is 0.378 e. The van der Waals surface area contributed by atoms with Crippen molar-refractivity contribution >= 4 is 0 Å². The summed E-state index contributed by atoms with van der Waals surface area (Å²) < 4.78 is 21.8. The summed E-state index contributed by atoms with van der Waals surface area (Å²) in [5.74, 6) is -0.334. The van der Waals surface area contributed by atoms with Gasteiger partial charge in [0.15, 0.2) is 0 Å². The van der Waals surface area contributed by atoms with E-state index in [9.17, 15) is 4.39 Å². The van der Waals surface area contributed by atoms with Gasteiger partial charge in [0.2, 0.25) is 0 Å². The molecule has 0 bridgehead atoms. The number of halogens is 1. The summed E-state index contributed by atoms with van der Waals surface area (Å²) in [7, 11) is 1.93. The monoisotopic (exact) mass is 328 g/mol. The Labute approximate surface area is 141 Å². The molecule has 24 heavy (non-hydrogen) atoms. The van der Waals surface area contributed by atoms with Crippen molar-refractivity contribution in [2.75, 3.05) is 19.8 Å². The first-order chi connectivity index (χ1) is 11.5. The second kappa shape index (κ2) is 6.71. The second-order valence-corrected chi connectivity index (χ2v) is 6.19. The van der Waals surface area contributed by atoms with Gasteiger partial charge in [0.05, 0.1) is 36.6 Å². The van der Waals surface area contributed by atoms with Crippen LogP contribution in [0.15, 0.2) is 18.2 Å². The van der Waals surface area contributed by atoms with Gasteiger partial charge in [-0.1, -0.05) is 6.07 Å². The Bertz CT molecular complexity index is 793. The van der Waals surface area contributed by atoms with Crippen molar-refractivity contribution in [3.8, 4) is 6.07 Å². The SMILES string of the molecule is Cc1nn(C)c(C)c1[C@H]1COCCN1Cc1ccc(C#N)cc1F. The third-order valence-electron chi connectivity index (χ3n) is 4.69. The molecule has 1 fully saturated rings. The average Bonchev–Trinajstić information content (AvgIpc) is 2.82. The number of rotatable bonds is 3. The highest BCUT2D eigenvalue weighted by Gasteiger charge is 2.29. The van der Waals surface area contributed by atoms with E-state index in [0.717, 1.165) is 23.5 Å². The molecule has 3 rings (SSSR count). The van der Waals surface area contributed by atoms with E-state index in [4.69, 9.17) is 10.00 Å². The quantitative estimate of drug-likeness (QED) is 0.869. The molecule has 1 aliphatic heterocycles. The van der Waals surface area contributed by atoms with Gasteiger partial charge in [-0.05, 0) is 26.0 Å². The van der Waals surface area contributed by atoms with Crippen LogP contribution in [0.5, 0.6) is 0 Å². The second-order valence-electron chi connectivity index (χ2n) is 6.19. The molecular formula is C18H21FN4O. The van der Waals surface area contributed by atoms with E-state index in [1.165, 1.54) is 6.07 Å². The number of aromatic nitrogens is 2. The molecule has 0 aliphatic carbocycles. The fourth-order valence-electron chi connectivity index (χ4n) is 3.33. The van der Waals surface area contributed by atoms with Crippen molar-refractivity contribution < 1.29 is 9.13 Å². The highest BCUT2D eigenvalue weighted by Crippen LogP contribution is 2.30.